The molecule has 2 amide bonds. The highest BCUT2D eigenvalue weighted by atomic mass is 19.1. The standard InChI is InChI=1S/C24H31FN2O3/c1-6-17(3)26-24(29)19(5)27(14-20-10-12-21(25)13-11-20)23(28)15-30-22-9-7-8-16(2)18(22)4/h7-13,17,19H,6,14-15H2,1-5H3,(H,26,29). The summed E-state index contributed by atoms with van der Waals surface area (Å²) in [5.41, 5.74) is 2.78. The Hall–Kier alpha value is -2.89. The van der Waals surface area contributed by atoms with Gasteiger partial charge in [0.1, 0.15) is 17.6 Å². The number of hydrogen-bond donors (Lipinski definition) is 1. The summed E-state index contributed by atoms with van der Waals surface area (Å²) in [5, 5.41) is 2.92. The second-order valence-corrected chi connectivity index (χ2v) is 7.63. The van der Waals surface area contributed by atoms with Crippen LogP contribution in [0.2, 0.25) is 0 Å². The Morgan fingerprint density at radius 1 is 1.10 bits per heavy atom. The molecule has 6 heteroatoms. The van der Waals surface area contributed by atoms with Crippen LogP contribution in [-0.2, 0) is 16.1 Å². The van der Waals surface area contributed by atoms with Crippen molar-refractivity contribution in [3.8, 4) is 5.75 Å². The van der Waals surface area contributed by atoms with Crippen LogP contribution in [0.3, 0.4) is 0 Å². The number of hydrogen-bond acceptors (Lipinski definition) is 3. The smallest absolute Gasteiger partial charge is 0.261 e. The normalized spacial score (nSPS) is 12.7. The van der Waals surface area contributed by atoms with Crippen molar-refractivity contribution in [1.82, 2.24) is 10.2 Å². The van der Waals surface area contributed by atoms with Gasteiger partial charge in [0.2, 0.25) is 5.91 Å². The summed E-state index contributed by atoms with van der Waals surface area (Å²) in [6, 6.07) is 10.9. The maximum Gasteiger partial charge on any atom is 0.261 e. The van der Waals surface area contributed by atoms with E-state index in [1.165, 1.54) is 17.0 Å². The van der Waals surface area contributed by atoms with Crippen LogP contribution >= 0.6 is 0 Å². The van der Waals surface area contributed by atoms with Gasteiger partial charge in [-0.15, -0.1) is 0 Å². The van der Waals surface area contributed by atoms with Gasteiger partial charge in [-0.25, -0.2) is 4.39 Å². The van der Waals surface area contributed by atoms with Gasteiger partial charge in [-0.2, -0.15) is 0 Å². The van der Waals surface area contributed by atoms with Crippen molar-refractivity contribution in [2.45, 2.75) is 59.7 Å². The first-order chi connectivity index (χ1) is 14.2. The van der Waals surface area contributed by atoms with Crippen LogP contribution in [0.15, 0.2) is 42.5 Å². The number of nitrogens with one attached hydrogen (secondary N) is 1. The Bertz CT molecular complexity index is 867. The molecule has 0 aliphatic carbocycles. The van der Waals surface area contributed by atoms with Crippen LogP contribution < -0.4 is 10.1 Å². The second kappa shape index (κ2) is 10.8. The molecule has 0 aliphatic heterocycles. The summed E-state index contributed by atoms with van der Waals surface area (Å²) in [6.45, 7) is 9.50. The van der Waals surface area contributed by atoms with E-state index >= 15 is 0 Å². The molecule has 0 saturated carbocycles. The molecule has 1 N–H and O–H groups in total. The first kappa shape index (κ1) is 23.4. The minimum Gasteiger partial charge on any atom is -0.483 e. The zero-order chi connectivity index (χ0) is 22.3. The fraction of sp³-hybridized carbons (Fsp3) is 0.417. The molecule has 2 aromatic carbocycles. The van der Waals surface area contributed by atoms with E-state index in [0.717, 1.165) is 23.1 Å². The molecule has 0 saturated heterocycles. The molecular formula is C24H31FN2O3. The summed E-state index contributed by atoms with van der Waals surface area (Å²) in [4.78, 5) is 27.2. The van der Waals surface area contributed by atoms with E-state index in [9.17, 15) is 14.0 Å². The minimum atomic E-state index is -0.696. The monoisotopic (exact) mass is 414 g/mol. The predicted octanol–water partition coefficient (Wildman–Crippen LogP) is 4.15. The van der Waals surface area contributed by atoms with E-state index in [1.54, 1.807) is 19.1 Å². The Morgan fingerprint density at radius 2 is 1.77 bits per heavy atom. The van der Waals surface area contributed by atoms with Gasteiger partial charge in [0.25, 0.3) is 5.91 Å². The van der Waals surface area contributed by atoms with Crippen LogP contribution in [0.5, 0.6) is 5.75 Å². The Balaban J connectivity index is 2.17. The molecule has 2 aromatic rings. The SMILES string of the molecule is CCC(C)NC(=O)C(C)N(Cc1ccc(F)cc1)C(=O)COc1cccc(C)c1C. The minimum absolute atomic E-state index is 0.00826. The third-order valence-corrected chi connectivity index (χ3v) is 5.34. The van der Waals surface area contributed by atoms with Crippen molar-refractivity contribution in [3.05, 3.63) is 65.0 Å². The van der Waals surface area contributed by atoms with Crippen molar-refractivity contribution in [2.24, 2.45) is 0 Å². The van der Waals surface area contributed by atoms with Crippen molar-refractivity contribution in [1.29, 1.82) is 0 Å². The first-order valence-electron chi connectivity index (χ1n) is 10.3. The van der Waals surface area contributed by atoms with Crippen molar-refractivity contribution >= 4 is 11.8 Å². The number of carbonyl (C=O) groups excluding carboxylic acids is 2. The maximum absolute atomic E-state index is 13.3. The van der Waals surface area contributed by atoms with E-state index < -0.39 is 6.04 Å². The fourth-order valence-electron chi connectivity index (χ4n) is 2.94. The fourth-order valence-corrected chi connectivity index (χ4v) is 2.94. The van der Waals surface area contributed by atoms with E-state index in [4.69, 9.17) is 4.74 Å². The molecule has 2 rings (SSSR count). The zero-order valence-electron chi connectivity index (χ0n) is 18.4. The Labute approximate surface area is 178 Å². The molecule has 0 fully saturated rings. The van der Waals surface area contributed by atoms with Gasteiger partial charge in [-0.1, -0.05) is 31.2 Å². The number of aryl methyl sites for hydroxylation is 1. The third-order valence-electron chi connectivity index (χ3n) is 5.34. The molecular weight excluding hydrogens is 383 g/mol. The molecule has 0 heterocycles. The highest BCUT2D eigenvalue weighted by Gasteiger charge is 2.27. The summed E-state index contributed by atoms with van der Waals surface area (Å²) in [6.07, 6.45) is 0.792. The molecule has 0 aliphatic rings. The summed E-state index contributed by atoms with van der Waals surface area (Å²) in [5.74, 6) is -0.252. The van der Waals surface area contributed by atoms with Crippen LogP contribution in [0.25, 0.3) is 0 Å². The Morgan fingerprint density at radius 3 is 2.40 bits per heavy atom. The van der Waals surface area contributed by atoms with Gasteiger partial charge in [0.15, 0.2) is 6.61 Å². The number of nitrogens with zero attached hydrogens (tertiary/aromatic N) is 1. The molecule has 2 atom stereocenters. The molecule has 0 bridgehead atoms. The van der Waals surface area contributed by atoms with Crippen molar-refractivity contribution < 1.29 is 18.7 Å². The topological polar surface area (TPSA) is 58.6 Å². The third kappa shape index (κ3) is 6.31. The molecule has 0 aromatic heterocycles. The average Bonchev–Trinajstić information content (AvgIpc) is 2.73. The molecule has 30 heavy (non-hydrogen) atoms. The van der Waals surface area contributed by atoms with Gasteiger partial charge in [-0.05, 0) is 69.0 Å². The van der Waals surface area contributed by atoms with E-state index in [1.807, 2.05) is 45.9 Å². The van der Waals surface area contributed by atoms with Crippen LogP contribution in [-0.4, -0.2) is 35.4 Å². The largest absolute Gasteiger partial charge is 0.483 e. The molecule has 2 unspecified atom stereocenters. The number of amides is 2. The number of halogens is 1. The summed E-state index contributed by atoms with van der Waals surface area (Å²) >= 11 is 0. The number of ether oxygens (including phenoxy) is 1. The number of benzene rings is 2. The van der Waals surface area contributed by atoms with Crippen LogP contribution in [0.4, 0.5) is 4.39 Å². The van der Waals surface area contributed by atoms with Crippen LogP contribution in [0.1, 0.15) is 43.9 Å². The lowest BCUT2D eigenvalue weighted by Crippen LogP contribution is -2.50. The van der Waals surface area contributed by atoms with Gasteiger partial charge >= 0.3 is 0 Å². The highest BCUT2D eigenvalue weighted by Crippen LogP contribution is 2.21. The zero-order valence-corrected chi connectivity index (χ0v) is 18.4. The summed E-state index contributed by atoms with van der Waals surface area (Å²) in [7, 11) is 0. The highest BCUT2D eigenvalue weighted by molar-refractivity contribution is 5.88. The van der Waals surface area contributed by atoms with Gasteiger partial charge in [0.05, 0.1) is 0 Å². The lowest BCUT2D eigenvalue weighted by molar-refractivity contribution is -0.142. The summed E-state index contributed by atoms with van der Waals surface area (Å²) < 4.78 is 19.0. The van der Waals surface area contributed by atoms with Gasteiger partial charge in [-0.3, -0.25) is 9.59 Å². The molecule has 5 nitrogen and oxygen atoms in total. The van der Waals surface area contributed by atoms with Crippen molar-refractivity contribution in [2.75, 3.05) is 6.61 Å². The van der Waals surface area contributed by atoms with Crippen molar-refractivity contribution in [3.63, 3.8) is 0 Å². The quantitative estimate of drug-likeness (QED) is 0.671. The molecule has 0 spiro atoms. The lowest BCUT2D eigenvalue weighted by atomic mass is 10.1. The van der Waals surface area contributed by atoms with Crippen LogP contribution in [0, 0.1) is 19.7 Å². The lowest BCUT2D eigenvalue weighted by Gasteiger charge is -2.29. The maximum atomic E-state index is 13.3. The number of carbonyl (C=O) groups is 2. The van der Waals surface area contributed by atoms with E-state index in [2.05, 4.69) is 5.32 Å². The average molecular weight is 415 g/mol. The predicted molar refractivity (Wildman–Crippen MR) is 116 cm³/mol. The second-order valence-electron chi connectivity index (χ2n) is 7.63. The first-order valence-corrected chi connectivity index (χ1v) is 10.3. The molecule has 162 valence electrons. The Kier molecular flexibility index (Phi) is 8.39. The molecule has 0 radical (unpaired) electrons. The van der Waals surface area contributed by atoms with E-state index in [-0.39, 0.29) is 36.8 Å². The van der Waals surface area contributed by atoms with Gasteiger partial charge < -0.3 is 15.0 Å². The van der Waals surface area contributed by atoms with Gasteiger partial charge in [0, 0.05) is 12.6 Å². The van der Waals surface area contributed by atoms with E-state index in [0.29, 0.717) is 5.75 Å². The number of rotatable bonds is 9.